The van der Waals surface area contributed by atoms with Crippen LogP contribution in [0.4, 0.5) is 5.69 Å². The van der Waals surface area contributed by atoms with E-state index in [0.29, 0.717) is 0 Å². The number of nitrogens with zero attached hydrogens (tertiary/aromatic N) is 2. The Morgan fingerprint density at radius 1 is 1.19 bits per heavy atom. The van der Waals surface area contributed by atoms with Gasteiger partial charge in [-0.3, -0.25) is 4.98 Å². The van der Waals surface area contributed by atoms with Crippen molar-refractivity contribution in [3.05, 3.63) is 57.2 Å². The van der Waals surface area contributed by atoms with Crippen LogP contribution in [0.3, 0.4) is 0 Å². The molecule has 1 aromatic carbocycles. The largest absolute Gasteiger partial charge is 0.375 e. The molecule has 0 fully saturated rings. The highest BCUT2D eigenvalue weighted by Gasteiger charge is 2.02. The fraction of sp³-hybridized carbons (Fsp3) is 0.312. The number of nitrogens with one attached hydrogen (secondary N) is 1. The standard InChI is InChI=1S/C16H19Br2N3/c1-21(14-6-3-2-4-7-14)9-5-8-19-12-16-15(18)10-13(17)11-20-16/h2-4,6-7,10-11,19H,5,8-9,12H2,1H3. The lowest BCUT2D eigenvalue weighted by Crippen LogP contribution is -2.23. The predicted molar refractivity (Wildman–Crippen MR) is 95.7 cm³/mol. The summed E-state index contributed by atoms with van der Waals surface area (Å²) in [6.45, 7) is 2.79. The first-order valence-corrected chi connectivity index (χ1v) is 8.52. The Balaban J connectivity index is 1.68. The fourth-order valence-electron chi connectivity index (χ4n) is 2.03. The molecule has 0 aliphatic carbocycles. The van der Waals surface area contributed by atoms with Crippen molar-refractivity contribution < 1.29 is 0 Å². The Morgan fingerprint density at radius 3 is 2.67 bits per heavy atom. The number of aromatic nitrogens is 1. The summed E-state index contributed by atoms with van der Waals surface area (Å²) in [7, 11) is 2.13. The van der Waals surface area contributed by atoms with Gasteiger partial charge in [-0.1, -0.05) is 18.2 Å². The summed E-state index contributed by atoms with van der Waals surface area (Å²) in [6, 6.07) is 12.5. The molecule has 0 aliphatic heterocycles. The molecule has 0 radical (unpaired) electrons. The molecule has 5 heteroatoms. The second-order valence-corrected chi connectivity index (χ2v) is 6.64. The van der Waals surface area contributed by atoms with E-state index in [4.69, 9.17) is 0 Å². The van der Waals surface area contributed by atoms with Gasteiger partial charge >= 0.3 is 0 Å². The van der Waals surface area contributed by atoms with E-state index in [9.17, 15) is 0 Å². The molecule has 0 amide bonds. The van der Waals surface area contributed by atoms with E-state index in [2.05, 4.69) is 78.4 Å². The second kappa shape index (κ2) is 8.51. The highest BCUT2D eigenvalue weighted by Crippen LogP contribution is 2.19. The topological polar surface area (TPSA) is 28.2 Å². The Morgan fingerprint density at radius 2 is 1.95 bits per heavy atom. The molecule has 112 valence electrons. The molecule has 2 aromatic rings. The number of benzene rings is 1. The van der Waals surface area contributed by atoms with Crippen LogP contribution in [0.1, 0.15) is 12.1 Å². The first-order valence-electron chi connectivity index (χ1n) is 6.93. The number of anilines is 1. The zero-order chi connectivity index (χ0) is 15.1. The van der Waals surface area contributed by atoms with Crippen molar-refractivity contribution in [2.24, 2.45) is 0 Å². The molecule has 2 rings (SSSR count). The molecule has 1 heterocycles. The minimum Gasteiger partial charge on any atom is -0.375 e. The zero-order valence-electron chi connectivity index (χ0n) is 12.0. The normalized spacial score (nSPS) is 10.6. The van der Waals surface area contributed by atoms with Gasteiger partial charge in [-0.05, 0) is 63.0 Å². The summed E-state index contributed by atoms with van der Waals surface area (Å²) >= 11 is 6.94. The molecule has 0 saturated heterocycles. The lowest BCUT2D eigenvalue weighted by atomic mass is 10.3. The van der Waals surface area contributed by atoms with Crippen molar-refractivity contribution in [1.29, 1.82) is 0 Å². The number of hydrogen-bond donors (Lipinski definition) is 1. The van der Waals surface area contributed by atoms with Crippen molar-refractivity contribution in [2.45, 2.75) is 13.0 Å². The predicted octanol–water partition coefficient (Wildman–Crippen LogP) is 4.22. The summed E-state index contributed by atoms with van der Waals surface area (Å²) in [5.74, 6) is 0. The van der Waals surface area contributed by atoms with E-state index in [0.717, 1.165) is 40.7 Å². The van der Waals surface area contributed by atoms with Gasteiger partial charge < -0.3 is 10.2 Å². The lowest BCUT2D eigenvalue weighted by molar-refractivity contribution is 0.636. The third kappa shape index (κ3) is 5.41. The van der Waals surface area contributed by atoms with Crippen LogP contribution < -0.4 is 10.2 Å². The fourth-order valence-corrected chi connectivity index (χ4v) is 3.16. The van der Waals surface area contributed by atoms with Crippen LogP contribution in [-0.4, -0.2) is 25.1 Å². The Hall–Kier alpha value is -0.910. The maximum absolute atomic E-state index is 4.39. The van der Waals surface area contributed by atoms with E-state index in [-0.39, 0.29) is 0 Å². The molecular weight excluding hydrogens is 394 g/mol. The van der Waals surface area contributed by atoms with Crippen LogP contribution in [0.2, 0.25) is 0 Å². The van der Waals surface area contributed by atoms with Crippen molar-refractivity contribution in [2.75, 3.05) is 25.0 Å². The highest BCUT2D eigenvalue weighted by atomic mass is 79.9. The van der Waals surface area contributed by atoms with E-state index in [1.165, 1.54) is 5.69 Å². The molecule has 0 aliphatic rings. The molecule has 0 bridgehead atoms. The number of hydrogen-bond acceptors (Lipinski definition) is 3. The highest BCUT2D eigenvalue weighted by molar-refractivity contribution is 9.11. The molecule has 0 atom stereocenters. The monoisotopic (exact) mass is 411 g/mol. The van der Waals surface area contributed by atoms with Gasteiger partial charge in [-0.15, -0.1) is 0 Å². The average molecular weight is 413 g/mol. The van der Waals surface area contributed by atoms with Crippen molar-refractivity contribution in [3.8, 4) is 0 Å². The summed E-state index contributed by atoms with van der Waals surface area (Å²) in [5.41, 5.74) is 2.30. The first-order chi connectivity index (χ1) is 10.2. The average Bonchev–Trinajstić information content (AvgIpc) is 2.49. The Labute approximate surface area is 143 Å². The van der Waals surface area contributed by atoms with Crippen molar-refractivity contribution >= 4 is 37.5 Å². The lowest BCUT2D eigenvalue weighted by Gasteiger charge is -2.19. The molecule has 0 unspecified atom stereocenters. The van der Waals surface area contributed by atoms with E-state index >= 15 is 0 Å². The van der Waals surface area contributed by atoms with Gasteiger partial charge in [0.25, 0.3) is 0 Å². The van der Waals surface area contributed by atoms with E-state index in [1.807, 2.05) is 18.3 Å². The van der Waals surface area contributed by atoms with Crippen LogP contribution in [0.15, 0.2) is 51.5 Å². The number of pyridine rings is 1. The summed E-state index contributed by atoms with van der Waals surface area (Å²) < 4.78 is 2.02. The summed E-state index contributed by atoms with van der Waals surface area (Å²) in [6.07, 6.45) is 2.92. The molecule has 1 aromatic heterocycles. The maximum Gasteiger partial charge on any atom is 0.0684 e. The summed E-state index contributed by atoms with van der Waals surface area (Å²) in [5, 5.41) is 3.43. The third-order valence-electron chi connectivity index (χ3n) is 3.22. The van der Waals surface area contributed by atoms with Crippen LogP contribution >= 0.6 is 31.9 Å². The van der Waals surface area contributed by atoms with Gasteiger partial charge in [0.05, 0.1) is 5.69 Å². The SMILES string of the molecule is CN(CCCNCc1ncc(Br)cc1Br)c1ccccc1. The van der Waals surface area contributed by atoms with E-state index in [1.54, 1.807) is 0 Å². The zero-order valence-corrected chi connectivity index (χ0v) is 15.2. The summed E-state index contributed by atoms with van der Waals surface area (Å²) in [4.78, 5) is 6.66. The Kier molecular flexibility index (Phi) is 6.67. The number of rotatable bonds is 7. The molecule has 3 nitrogen and oxygen atoms in total. The quantitative estimate of drug-likeness (QED) is 0.690. The van der Waals surface area contributed by atoms with Crippen LogP contribution in [0.5, 0.6) is 0 Å². The van der Waals surface area contributed by atoms with Gasteiger partial charge in [0, 0.05) is 41.0 Å². The first kappa shape index (κ1) is 16.5. The van der Waals surface area contributed by atoms with Crippen molar-refractivity contribution in [1.82, 2.24) is 10.3 Å². The molecule has 21 heavy (non-hydrogen) atoms. The van der Waals surface area contributed by atoms with Crippen LogP contribution in [0, 0.1) is 0 Å². The molecule has 1 N–H and O–H groups in total. The minimum atomic E-state index is 0.781. The van der Waals surface area contributed by atoms with Gasteiger partial charge in [-0.2, -0.15) is 0 Å². The van der Waals surface area contributed by atoms with Gasteiger partial charge in [0.15, 0.2) is 0 Å². The number of para-hydroxylation sites is 1. The van der Waals surface area contributed by atoms with Gasteiger partial charge in [0.1, 0.15) is 0 Å². The molecule has 0 spiro atoms. The minimum absolute atomic E-state index is 0.781. The van der Waals surface area contributed by atoms with Crippen LogP contribution in [0.25, 0.3) is 0 Å². The van der Waals surface area contributed by atoms with Crippen molar-refractivity contribution in [3.63, 3.8) is 0 Å². The number of halogens is 2. The maximum atomic E-state index is 4.39. The van der Waals surface area contributed by atoms with Gasteiger partial charge in [0.2, 0.25) is 0 Å². The van der Waals surface area contributed by atoms with E-state index < -0.39 is 0 Å². The Bertz CT molecular complexity index is 561. The molecule has 0 saturated carbocycles. The smallest absolute Gasteiger partial charge is 0.0684 e. The second-order valence-electron chi connectivity index (χ2n) is 4.87. The molecular formula is C16H19Br2N3. The van der Waals surface area contributed by atoms with Crippen LogP contribution in [-0.2, 0) is 6.54 Å². The van der Waals surface area contributed by atoms with Gasteiger partial charge in [-0.25, -0.2) is 0 Å². The third-order valence-corrected chi connectivity index (χ3v) is 4.34.